The molecular formula is C36H36N4O4. The molecule has 0 saturated carbocycles. The molecule has 4 aromatic carbocycles. The van der Waals surface area contributed by atoms with E-state index in [4.69, 9.17) is 19.9 Å². The van der Waals surface area contributed by atoms with Gasteiger partial charge in [-0.25, -0.2) is 9.78 Å². The minimum absolute atomic E-state index is 0.204. The molecule has 0 aliphatic heterocycles. The second kappa shape index (κ2) is 15.1. The van der Waals surface area contributed by atoms with Crippen LogP contribution in [0.25, 0.3) is 0 Å². The Morgan fingerprint density at radius 2 is 1.18 bits per heavy atom. The number of ether oxygens (including phenoxy) is 3. The third kappa shape index (κ3) is 8.75. The molecular weight excluding hydrogens is 552 g/mol. The normalized spacial score (nSPS) is 10.6. The molecule has 1 heterocycles. The van der Waals surface area contributed by atoms with Crippen molar-refractivity contribution in [1.29, 1.82) is 0 Å². The number of amides is 1. The van der Waals surface area contributed by atoms with Crippen LogP contribution in [0.3, 0.4) is 0 Å². The zero-order valence-electron chi connectivity index (χ0n) is 24.7. The van der Waals surface area contributed by atoms with E-state index in [-0.39, 0.29) is 12.4 Å². The number of nitrogen functional groups attached to an aromatic ring is 1. The first-order valence-electron chi connectivity index (χ1n) is 14.5. The zero-order chi connectivity index (χ0) is 30.6. The molecule has 0 radical (unpaired) electrons. The van der Waals surface area contributed by atoms with Crippen molar-refractivity contribution in [3.05, 3.63) is 144 Å². The molecule has 8 heteroatoms. The number of carbonyl (C=O) groups excluding carboxylic acids is 1. The largest absolute Gasteiger partial charge is 0.489 e. The van der Waals surface area contributed by atoms with E-state index in [2.05, 4.69) is 15.2 Å². The van der Waals surface area contributed by atoms with Gasteiger partial charge in [0.15, 0.2) is 0 Å². The average molecular weight is 589 g/mol. The van der Waals surface area contributed by atoms with Crippen LogP contribution in [0.4, 0.5) is 22.1 Å². The Hall–Kier alpha value is -5.50. The SMILES string of the molecule is CCOC(=O)Nc1ccc(N(Cc2ccc(OCc3ccccc3)cc2)Cc2ccc(OCc3ccccc3)cc2)nc1N. The molecule has 0 bridgehead atoms. The van der Waals surface area contributed by atoms with E-state index in [0.29, 0.717) is 37.8 Å². The van der Waals surface area contributed by atoms with Crippen LogP contribution >= 0.6 is 0 Å². The van der Waals surface area contributed by atoms with Gasteiger partial charge in [-0.15, -0.1) is 0 Å². The highest BCUT2D eigenvalue weighted by atomic mass is 16.5. The number of pyridine rings is 1. The van der Waals surface area contributed by atoms with Crippen LogP contribution in [0.15, 0.2) is 121 Å². The minimum Gasteiger partial charge on any atom is -0.489 e. The fourth-order valence-corrected chi connectivity index (χ4v) is 4.55. The maximum Gasteiger partial charge on any atom is 0.411 e. The van der Waals surface area contributed by atoms with Crippen LogP contribution in [0.1, 0.15) is 29.2 Å². The third-order valence-corrected chi connectivity index (χ3v) is 6.84. The third-order valence-electron chi connectivity index (χ3n) is 6.84. The summed E-state index contributed by atoms with van der Waals surface area (Å²) in [6, 6.07) is 39.8. The van der Waals surface area contributed by atoms with Crippen molar-refractivity contribution in [2.75, 3.05) is 22.6 Å². The van der Waals surface area contributed by atoms with Gasteiger partial charge in [0.25, 0.3) is 0 Å². The lowest BCUT2D eigenvalue weighted by Gasteiger charge is -2.25. The van der Waals surface area contributed by atoms with Crippen molar-refractivity contribution in [3.63, 3.8) is 0 Å². The molecule has 1 aromatic heterocycles. The van der Waals surface area contributed by atoms with E-state index < -0.39 is 6.09 Å². The summed E-state index contributed by atoms with van der Waals surface area (Å²) in [5.41, 5.74) is 11.0. The number of nitrogens with one attached hydrogen (secondary N) is 1. The van der Waals surface area contributed by atoms with Crippen LogP contribution in [-0.2, 0) is 31.0 Å². The van der Waals surface area contributed by atoms with Gasteiger partial charge in [-0.3, -0.25) is 5.32 Å². The van der Waals surface area contributed by atoms with Gasteiger partial charge >= 0.3 is 6.09 Å². The topological polar surface area (TPSA) is 98.9 Å². The molecule has 5 rings (SSSR count). The van der Waals surface area contributed by atoms with E-state index in [1.165, 1.54) is 0 Å². The maximum atomic E-state index is 11.9. The number of nitrogens with two attached hydrogens (primary N) is 1. The Morgan fingerprint density at radius 1 is 0.682 bits per heavy atom. The number of aromatic nitrogens is 1. The summed E-state index contributed by atoms with van der Waals surface area (Å²) in [5, 5.41) is 2.64. The summed E-state index contributed by atoms with van der Waals surface area (Å²) in [6.07, 6.45) is -0.574. The molecule has 0 fully saturated rings. The first kappa shape index (κ1) is 30.0. The lowest BCUT2D eigenvalue weighted by molar-refractivity contribution is 0.168. The molecule has 8 nitrogen and oxygen atoms in total. The molecule has 0 aliphatic carbocycles. The molecule has 44 heavy (non-hydrogen) atoms. The van der Waals surface area contributed by atoms with Crippen LogP contribution in [0.2, 0.25) is 0 Å². The van der Waals surface area contributed by atoms with Crippen LogP contribution in [0, 0.1) is 0 Å². The zero-order valence-corrected chi connectivity index (χ0v) is 24.7. The molecule has 0 aliphatic rings. The molecule has 224 valence electrons. The number of hydrogen-bond acceptors (Lipinski definition) is 7. The predicted molar refractivity (Wildman–Crippen MR) is 174 cm³/mol. The lowest BCUT2D eigenvalue weighted by Crippen LogP contribution is -2.24. The Morgan fingerprint density at radius 3 is 1.64 bits per heavy atom. The number of carbonyl (C=O) groups is 1. The van der Waals surface area contributed by atoms with Crippen molar-refractivity contribution in [1.82, 2.24) is 4.98 Å². The molecule has 0 unspecified atom stereocenters. The van der Waals surface area contributed by atoms with Crippen LogP contribution in [0.5, 0.6) is 11.5 Å². The summed E-state index contributed by atoms with van der Waals surface area (Å²) >= 11 is 0. The maximum absolute atomic E-state index is 11.9. The number of hydrogen-bond donors (Lipinski definition) is 2. The first-order chi connectivity index (χ1) is 21.6. The van der Waals surface area contributed by atoms with Crippen molar-refractivity contribution in [2.24, 2.45) is 0 Å². The number of anilines is 3. The summed E-state index contributed by atoms with van der Waals surface area (Å²) in [7, 11) is 0. The van der Waals surface area contributed by atoms with Crippen LogP contribution in [-0.4, -0.2) is 17.7 Å². The highest BCUT2D eigenvalue weighted by molar-refractivity contribution is 5.88. The summed E-state index contributed by atoms with van der Waals surface area (Å²) in [6.45, 7) is 4.16. The van der Waals surface area contributed by atoms with E-state index in [0.717, 1.165) is 33.8 Å². The smallest absolute Gasteiger partial charge is 0.411 e. The fourth-order valence-electron chi connectivity index (χ4n) is 4.55. The Balaban J connectivity index is 1.30. The lowest BCUT2D eigenvalue weighted by atomic mass is 10.1. The van der Waals surface area contributed by atoms with E-state index in [1.54, 1.807) is 13.0 Å². The second-order valence-corrected chi connectivity index (χ2v) is 10.1. The quantitative estimate of drug-likeness (QED) is 0.146. The standard InChI is InChI=1S/C36H36N4O4/c1-2-42-36(41)38-33-21-22-34(39-35(33)37)40(23-27-13-17-31(18-14-27)43-25-29-9-5-3-6-10-29)24-28-15-19-32(20-16-28)44-26-30-11-7-4-8-12-30/h3-22H,2,23-26H2,1H3,(H2,37,39)(H,38,41). The van der Waals surface area contributed by atoms with Crippen molar-refractivity contribution in [2.45, 2.75) is 33.2 Å². The molecule has 0 atom stereocenters. The molecule has 1 amide bonds. The minimum atomic E-state index is -0.574. The van der Waals surface area contributed by atoms with E-state index in [9.17, 15) is 4.79 Å². The predicted octanol–water partition coefficient (Wildman–Crippen LogP) is 7.60. The van der Waals surface area contributed by atoms with Gasteiger partial charge in [0.05, 0.1) is 12.3 Å². The summed E-state index contributed by atoms with van der Waals surface area (Å²) in [4.78, 5) is 18.7. The highest BCUT2D eigenvalue weighted by Crippen LogP contribution is 2.26. The Kier molecular flexibility index (Phi) is 10.3. The summed E-state index contributed by atoms with van der Waals surface area (Å²) in [5.74, 6) is 2.47. The van der Waals surface area contributed by atoms with Gasteiger partial charge in [-0.1, -0.05) is 84.9 Å². The Labute approximate surface area is 258 Å². The van der Waals surface area contributed by atoms with Gasteiger partial charge < -0.3 is 24.8 Å². The van der Waals surface area contributed by atoms with Gasteiger partial charge in [0.1, 0.15) is 36.3 Å². The van der Waals surface area contributed by atoms with Gasteiger partial charge in [0, 0.05) is 13.1 Å². The second-order valence-electron chi connectivity index (χ2n) is 10.1. The van der Waals surface area contributed by atoms with Gasteiger partial charge in [-0.2, -0.15) is 0 Å². The first-order valence-corrected chi connectivity index (χ1v) is 14.5. The highest BCUT2D eigenvalue weighted by Gasteiger charge is 2.14. The van der Waals surface area contributed by atoms with E-state index in [1.807, 2.05) is 115 Å². The van der Waals surface area contributed by atoms with Gasteiger partial charge in [-0.05, 0) is 65.6 Å². The van der Waals surface area contributed by atoms with Crippen molar-refractivity contribution < 1.29 is 19.0 Å². The number of benzene rings is 4. The van der Waals surface area contributed by atoms with E-state index >= 15 is 0 Å². The number of nitrogens with zero attached hydrogens (tertiary/aromatic N) is 2. The Bertz CT molecular complexity index is 1520. The average Bonchev–Trinajstić information content (AvgIpc) is 3.06. The molecule has 3 N–H and O–H groups in total. The van der Waals surface area contributed by atoms with Crippen molar-refractivity contribution >= 4 is 23.4 Å². The summed E-state index contributed by atoms with van der Waals surface area (Å²) < 4.78 is 16.9. The fraction of sp³-hybridized carbons (Fsp3) is 0.167. The monoisotopic (exact) mass is 588 g/mol. The van der Waals surface area contributed by atoms with Crippen molar-refractivity contribution in [3.8, 4) is 11.5 Å². The van der Waals surface area contributed by atoms with Crippen LogP contribution < -0.4 is 25.4 Å². The molecule has 0 saturated heterocycles. The number of rotatable bonds is 13. The molecule has 0 spiro atoms. The molecule has 5 aromatic rings. The van der Waals surface area contributed by atoms with Gasteiger partial charge in [0.2, 0.25) is 0 Å².